The van der Waals surface area contributed by atoms with Gasteiger partial charge < -0.3 is 26.0 Å². The predicted molar refractivity (Wildman–Crippen MR) is 96.8 cm³/mol. The first kappa shape index (κ1) is 23.1. The van der Waals surface area contributed by atoms with Crippen LogP contribution < -0.4 is 17.2 Å². The molecule has 1 aliphatic rings. The molecule has 2 heterocycles. The van der Waals surface area contributed by atoms with Crippen LogP contribution in [-0.2, 0) is 27.2 Å². The van der Waals surface area contributed by atoms with Crippen molar-refractivity contribution in [2.45, 2.75) is 26.2 Å². The minimum atomic E-state index is -4.92. The molecule has 0 amide bonds. The van der Waals surface area contributed by atoms with Crippen LogP contribution in [0.1, 0.15) is 20.1 Å². The van der Waals surface area contributed by atoms with E-state index in [0.717, 1.165) is 0 Å². The lowest BCUT2D eigenvalue weighted by atomic mass is 9.93. The Balaban J connectivity index is 2.02. The molecule has 1 aliphatic heterocycles. The van der Waals surface area contributed by atoms with E-state index in [1.165, 1.54) is 16.8 Å². The number of anilines is 1. The van der Waals surface area contributed by atoms with E-state index in [1.807, 2.05) is 6.92 Å². The van der Waals surface area contributed by atoms with Gasteiger partial charge in [0.2, 0.25) is 0 Å². The summed E-state index contributed by atoms with van der Waals surface area (Å²) in [6.45, 7) is 2.77. The number of phosphoric ester groups is 2. The summed E-state index contributed by atoms with van der Waals surface area (Å²) in [6.07, 6.45) is 0.0511. The maximum absolute atomic E-state index is 12.0. The van der Waals surface area contributed by atoms with E-state index >= 15 is 0 Å². The topological polar surface area (TPSA) is 198 Å². The highest BCUT2D eigenvalue weighted by Crippen LogP contribution is 2.60. The molecule has 28 heavy (non-hydrogen) atoms. The Bertz CT molecular complexity index is 834. The summed E-state index contributed by atoms with van der Waals surface area (Å²) in [4.78, 5) is 34.7. The number of aromatic nitrogens is 2. The molecule has 6 atom stereocenters. The van der Waals surface area contributed by atoms with Crippen molar-refractivity contribution >= 4 is 21.5 Å². The molecule has 0 aliphatic carbocycles. The van der Waals surface area contributed by atoms with E-state index in [0.29, 0.717) is 0 Å². The Morgan fingerprint density at radius 1 is 1.25 bits per heavy atom. The lowest BCUT2D eigenvalue weighted by Crippen LogP contribution is -2.29. The van der Waals surface area contributed by atoms with E-state index in [2.05, 4.69) is 13.8 Å². The molecule has 0 spiro atoms. The van der Waals surface area contributed by atoms with Gasteiger partial charge in [-0.05, 0) is 12.0 Å². The zero-order valence-corrected chi connectivity index (χ0v) is 17.1. The number of ether oxygens (including phenoxy) is 1. The summed E-state index contributed by atoms with van der Waals surface area (Å²) >= 11 is 0. The molecule has 15 heteroatoms. The number of nitrogen functional groups attached to an aromatic ring is 1. The molecule has 2 rings (SSSR count). The zero-order valence-electron chi connectivity index (χ0n) is 15.3. The Kier molecular flexibility index (Phi) is 7.54. The van der Waals surface area contributed by atoms with Crippen molar-refractivity contribution in [3.63, 3.8) is 0 Å². The van der Waals surface area contributed by atoms with Crippen molar-refractivity contribution in [2.24, 2.45) is 17.6 Å². The number of nitrogens with two attached hydrogens (primary N) is 2. The number of phosphoric acid groups is 2. The molecular weight excluding hydrogens is 418 g/mol. The maximum atomic E-state index is 12.0. The fourth-order valence-corrected chi connectivity index (χ4v) is 4.76. The van der Waals surface area contributed by atoms with Crippen LogP contribution in [0.15, 0.2) is 17.1 Å². The van der Waals surface area contributed by atoms with Crippen LogP contribution in [0.3, 0.4) is 0 Å². The molecular formula is C13H24N4O9P2. The van der Waals surface area contributed by atoms with Gasteiger partial charge in [-0.3, -0.25) is 13.6 Å². The van der Waals surface area contributed by atoms with Crippen LogP contribution in [-0.4, -0.2) is 45.2 Å². The lowest BCUT2D eigenvalue weighted by Gasteiger charge is -2.19. The molecule has 160 valence electrons. The van der Waals surface area contributed by atoms with Gasteiger partial charge >= 0.3 is 21.3 Å². The van der Waals surface area contributed by atoms with Crippen LogP contribution >= 0.6 is 15.6 Å². The average molecular weight is 442 g/mol. The van der Waals surface area contributed by atoms with Crippen molar-refractivity contribution < 1.29 is 37.0 Å². The molecule has 1 fully saturated rings. The minimum Gasteiger partial charge on any atom is -0.383 e. The molecule has 0 radical (unpaired) electrons. The van der Waals surface area contributed by atoms with Gasteiger partial charge in [-0.25, -0.2) is 13.9 Å². The van der Waals surface area contributed by atoms with Crippen LogP contribution in [0, 0.1) is 11.8 Å². The van der Waals surface area contributed by atoms with Gasteiger partial charge in [-0.1, -0.05) is 13.8 Å². The standard InChI is InChI=1S/C13H24N4O9P2/c1-8-9(2)12(17-5-3-11(15)16-13(17)18)25-10(8)7-24-28(21,22)26-27(19,20)23-6-4-14/h3,5,8-10,12H,4,6-7,14H2,1-2H3,(H,19,20)(H,21,22)(H2,15,16,18). The van der Waals surface area contributed by atoms with Gasteiger partial charge in [0.1, 0.15) is 12.0 Å². The number of hydrogen-bond donors (Lipinski definition) is 4. The van der Waals surface area contributed by atoms with Crippen molar-refractivity contribution in [1.82, 2.24) is 9.55 Å². The Morgan fingerprint density at radius 2 is 1.89 bits per heavy atom. The fourth-order valence-electron chi connectivity index (χ4n) is 2.67. The second kappa shape index (κ2) is 9.12. The quantitative estimate of drug-likeness (QED) is 0.380. The van der Waals surface area contributed by atoms with E-state index in [-0.39, 0.29) is 30.8 Å². The molecule has 1 saturated heterocycles. The summed E-state index contributed by atoms with van der Waals surface area (Å²) in [5.74, 6) is -0.292. The average Bonchev–Trinajstić information content (AvgIpc) is 2.86. The van der Waals surface area contributed by atoms with Gasteiger partial charge in [-0.2, -0.15) is 9.29 Å². The Hall–Kier alpha value is -1.14. The van der Waals surface area contributed by atoms with Crippen molar-refractivity contribution in [1.29, 1.82) is 0 Å². The third kappa shape index (κ3) is 5.93. The molecule has 0 bridgehead atoms. The Labute approximate surface area is 160 Å². The van der Waals surface area contributed by atoms with Gasteiger partial charge in [0.15, 0.2) is 0 Å². The highest BCUT2D eigenvalue weighted by Gasteiger charge is 2.43. The molecule has 13 nitrogen and oxygen atoms in total. The second-order valence-corrected chi connectivity index (χ2v) is 9.31. The SMILES string of the molecule is CC1C(COP(=O)(O)OP(=O)(O)OCCN)OC(n2ccc(N)nc2=O)C1C. The number of nitrogens with zero attached hydrogens (tertiary/aromatic N) is 2. The largest absolute Gasteiger partial charge is 0.481 e. The zero-order chi connectivity index (χ0) is 21.1. The highest BCUT2D eigenvalue weighted by molar-refractivity contribution is 7.61. The van der Waals surface area contributed by atoms with Crippen LogP contribution in [0.4, 0.5) is 5.82 Å². The van der Waals surface area contributed by atoms with E-state index in [4.69, 9.17) is 20.7 Å². The third-order valence-electron chi connectivity index (χ3n) is 4.29. The Morgan fingerprint density at radius 3 is 2.50 bits per heavy atom. The van der Waals surface area contributed by atoms with E-state index in [1.54, 1.807) is 6.92 Å². The number of hydrogen-bond acceptors (Lipinski definition) is 10. The van der Waals surface area contributed by atoms with E-state index in [9.17, 15) is 23.7 Å². The third-order valence-corrected chi connectivity index (χ3v) is 6.92. The van der Waals surface area contributed by atoms with Gasteiger partial charge in [0.05, 0.1) is 19.3 Å². The van der Waals surface area contributed by atoms with Crippen molar-refractivity contribution in [3.05, 3.63) is 22.7 Å². The van der Waals surface area contributed by atoms with Gasteiger partial charge in [0, 0.05) is 18.7 Å². The summed E-state index contributed by atoms with van der Waals surface area (Å²) in [7, 11) is -9.73. The van der Waals surface area contributed by atoms with Gasteiger partial charge in [-0.15, -0.1) is 0 Å². The van der Waals surface area contributed by atoms with Crippen LogP contribution in [0.2, 0.25) is 0 Å². The molecule has 1 aromatic heterocycles. The first-order chi connectivity index (χ1) is 13.0. The first-order valence-electron chi connectivity index (χ1n) is 8.32. The minimum absolute atomic E-state index is 0.0727. The lowest BCUT2D eigenvalue weighted by molar-refractivity contribution is -0.0370. The first-order valence-corrected chi connectivity index (χ1v) is 11.3. The second-order valence-electron chi connectivity index (χ2n) is 6.26. The summed E-state index contributed by atoms with van der Waals surface area (Å²) in [5.41, 5.74) is 10.00. The molecule has 6 N–H and O–H groups in total. The van der Waals surface area contributed by atoms with Crippen molar-refractivity contribution in [2.75, 3.05) is 25.5 Å². The molecule has 0 saturated carbocycles. The van der Waals surface area contributed by atoms with Crippen molar-refractivity contribution in [3.8, 4) is 0 Å². The predicted octanol–water partition coefficient (Wildman–Crippen LogP) is 0.204. The van der Waals surface area contributed by atoms with Crippen LogP contribution in [0.25, 0.3) is 0 Å². The van der Waals surface area contributed by atoms with Gasteiger partial charge in [0.25, 0.3) is 0 Å². The summed E-state index contributed by atoms with van der Waals surface area (Å²) < 4.78 is 43.9. The monoisotopic (exact) mass is 442 g/mol. The summed E-state index contributed by atoms with van der Waals surface area (Å²) in [6, 6.07) is 1.45. The fraction of sp³-hybridized carbons (Fsp3) is 0.692. The molecule has 6 unspecified atom stereocenters. The maximum Gasteiger partial charge on any atom is 0.481 e. The van der Waals surface area contributed by atoms with E-state index < -0.39 is 40.3 Å². The normalized spacial score (nSPS) is 29.3. The summed E-state index contributed by atoms with van der Waals surface area (Å²) in [5, 5.41) is 0. The molecule has 0 aromatic carbocycles. The smallest absolute Gasteiger partial charge is 0.383 e. The van der Waals surface area contributed by atoms with Crippen LogP contribution in [0.5, 0.6) is 0 Å². The highest BCUT2D eigenvalue weighted by atomic mass is 31.3. The molecule has 1 aromatic rings. The number of rotatable bonds is 9.